The molecule has 2 aromatic rings. The predicted octanol–water partition coefficient (Wildman–Crippen LogP) is 5.05. The summed E-state index contributed by atoms with van der Waals surface area (Å²) in [7, 11) is -5.23. The van der Waals surface area contributed by atoms with E-state index in [0.717, 1.165) is 42.9 Å². The fourth-order valence-electron chi connectivity index (χ4n) is 6.02. The Bertz CT molecular complexity index is 1310. The Kier molecular flexibility index (Phi) is 9.05. The van der Waals surface area contributed by atoms with Crippen molar-refractivity contribution in [2.45, 2.75) is 89.9 Å². The van der Waals surface area contributed by atoms with Crippen LogP contribution < -0.4 is 10.0 Å². The molecule has 0 bridgehead atoms. The number of carbonyl (C=O) groups excluding carboxylic acids is 2. The smallest absolute Gasteiger partial charge is 0.241 e. The maximum atomic E-state index is 14.1. The van der Waals surface area contributed by atoms with Crippen molar-refractivity contribution in [2.75, 3.05) is 6.61 Å². The van der Waals surface area contributed by atoms with Crippen LogP contribution in [0.1, 0.15) is 70.2 Å². The molecule has 7 nitrogen and oxygen atoms in total. The first kappa shape index (κ1) is 29.9. The first-order valence-corrected chi connectivity index (χ1v) is 18.6. The topological polar surface area (TPSA) is 102 Å². The summed E-state index contributed by atoms with van der Waals surface area (Å²) >= 11 is 0. The molecule has 1 heterocycles. The lowest BCUT2D eigenvalue weighted by molar-refractivity contribution is -0.143. The van der Waals surface area contributed by atoms with Crippen LogP contribution in [-0.4, -0.2) is 47.8 Å². The van der Waals surface area contributed by atoms with Gasteiger partial charge in [0.05, 0.1) is 16.9 Å². The summed E-state index contributed by atoms with van der Waals surface area (Å²) < 4.78 is 36.4. The highest BCUT2D eigenvalue weighted by Gasteiger charge is 2.52. The van der Waals surface area contributed by atoms with Crippen molar-refractivity contribution in [1.29, 1.82) is 0 Å². The van der Waals surface area contributed by atoms with E-state index in [-0.39, 0.29) is 51.5 Å². The lowest BCUT2D eigenvalue weighted by Crippen LogP contribution is -2.66. The van der Waals surface area contributed by atoms with Gasteiger partial charge in [-0.1, -0.05) is 71.2 Å². The highest BCUT2D eigenvalue weighted by atomic mass is 32.2. The van der Waals surface area contributed by atoms with Crippen molar-refractivity contribution < 1.29 is 22.4 Å². The summed E-state index contributed by atoms with van der Waals surface area (Å²) in [6.45, 7) is 12.8. The van der Waals surface area contributed by atoms with E-state index in [1.807, 2.05) is 24.3 Å². The van der Waals surface area contributed by atoms with Crippen LogP contribution in [0.4, 0.5) is 0 Å². The maximum Gasteiger partial charge on any atom is 0.241 e. The molecule has 39 heavy (non-hydrogen) atoms. The van der Waals surface area contributed by atoms with Crippen molar-refractivity contribution in [1.82, 2.24) is 10.0 Å². The molecule has 214 valence electrons. The van der Waals surface area contributed by atoms with Gasteiger partial charge >= 0.3 is 0 Å². The third-order valence-corrected chi connectivity index (χ3v) is 10.9. The van der Waals surface area contributed by atoms with Crippen molar-refractivity contribution in [2.24, 2.45) is 23.2 Å². The van der Waals surface area contributed by atoms with Gasteiger partial charge in [0.2, 0.25) is 15.9 Å². The standard InChI is InChI=1S/C30H44N2O5SSi/c1-19(27-26(29(34)31-27)24(30(2,3)4)18-37-39(5)6)28(33)23-16-20-12-10-11-13-21(20)17-25(23)38(35,36)32-22-14-8-7-9-15-22/h10-13,16-17,19,22,24,26-27,32,39H,7-9,14-15,18H2,1-6H3,(H,31,34)/t19-,24-,26+,27-/m1/s1. The number of carbonyl (C=O) groups is 2. The number of ketones is 1. The van der Waals surface area contributed by atoms with Crippen LogP contribution in [0.3, 0.4) is 0 Å². The summed E-state index contributed by atoms with van der Waals surface area (Å²) in [4.78, 5) is 27.0. The third-order valence-electron chi connectivity index (χ3n) is 8.44. The highest BCUT2D eigenvalue weighted by molar-refractivity contribution is 7.89. The van der Waals surface area contributed by atoms with Crippen molar-refractivity contribution >= 4 is 41.5 Å². The van der Waals surface area contributed by atoms with Gasteiger partial charge in [0.15, 0.2) is 14.8 Å². The van der Waals surface area contributed by atoms with Gasteiger partial charge in [-0.25, -0.2) is 13.1 Å². The van der Waals surface area contributed by atoms with Gasteiger partial charge in [-0.3, -0.25) is 9.59 Å². The molecule has 2 aromatic carbocycles. The average molecular weight is 573 g/mol. The minimum atomic E-state index is -3.93. The third kappa shape index (κ3) is 6.64. The zero-order valence-corrected chi connectivity index (χ0v) is 26.1. The van der Waals surface area contributed by atoms with Gasteiger partial charge in [0, 0.05) is 24.1 Å². The van der Waals surface area contributed by atoms with Crippen molar-refractivity contribution in [3.8, 4) is 0 Å². The normalized spacial score (nSPS) is 22.4. The average Bonchev–Trinajstić information content (AvgIpc) is 2.87. The molecule has 1 aliphatic carbocycles. The maximum absolute atomic E-state index is 14.1. The predicted molar refractivity (Wildman–Crippen MR) is 158 cm³/mol. The Morgan fingerprint density at radius 1 is 1.10 bits per heavy atom. The fourth-order valence-corrected chi connectivity index (χ4v) is 8.15. The molecule has 1 saturated heterocycles. The number of amides is 1. The second kappa shape index (κ2) is 11.8. The van der Waals surface area contributed by atoms with E-state index in [4.69, 9.17) is 4.43 Å². The highest BCUT2D eigenvalue weighted by Crippen LogP contribution is 2.41. The first-order chi connectivity index (χ1) is 18.3. The van der Waals surface area contributed by atoms with E-state index in [0.29, 0.717) is 6.61 Å². The minimum Gasteiger partial charge on any atom is -0.420 e. The van der Waals surface area contributed by atoms with Crippen molar-refractivity contribution in [3.63, 3.8) is 0 Å². The summed E-state index contributed by atoms with van der Waals surface area (Å²) in [5.41, 5.74) is -0.0174. The minimum absolute atomic E-state index is 0.0207. The lowest BCUT2D eigenvalue weighted by Gasteiger charge is -2.48. The van der Waals surface area contributed by atoms with Crippen molar-refractivity contribution in [3.05, 3.63) is 42.0 Å². The van der Waals surface area contributed by atoms with Gasteiger partial charge in [0.25, 0.3) is 0 Å². The molecule has 0 unspecified atom stereocenters. The monoisotopic (exact) mass is 572 g/mol. The Morgan fingerprint density at radius 2 is 1.72 bits per heavy atom. The Labute approximate surface area is 235 Å². The Balaban J connectivity index is 1.68. The van der Waals surface area contributed by atoms with Crippen LogP contribution in [0.5, 0.6) is 0 Å². The number of rotatable bonds is 10. The van der Waals surface area contributed by atoms with Crippen LogP contribution >= 0.6 is 0 Å². The zero-order chi connectivity index (χ0) is 28.5. The van der Waals surface area contributed by atoms with Crippen LogP contribution in [0.25, 0.3) is 10.8 Å². The number of nitrogens with one attached hydrogen (secondary N) is 2. The molecular formula is C30H44N2O5SSi. The van der Waals surface area contributed by atoms with Gasteiger partial charge < -0.3 is 9.74 Å². The van der Waals surface area contributed by atoms with E-state index >= 15 is 0 Å². The molecule has 4 rings (SSSR count). The largest absolute Gasteiger partial charge is 0.420 e. The van der Waals surface area contributed by atoms with E-state index in [1.165, 1.54) is 0 Å². The molecule has 2 N–H and O–H groups in total. The number of β-lactam (4-membered cyclic amide) rings is 1. The summed E-state index contributed by atoms with van der Waals surface area (Å²) in [5.74, 6) is -1.38. The second-order valence-electron chi connectivity index (χ2n) is 12.7. The van der Waals surface area contributed by atoms with E-state index < -0.39 is 25.0 Å². The van der Waals surface area contributed by atoms with E-state index in [2.05, 4.69) is 43.9 Å². The fraction of sp³-hybridized carbons (Fsp3) is 0.600. The van der Waals surface area contributed by atoms with Gasteiger partial charge in [-0.05, 0) is 60.2 Å². The summed E-state index contributed by atoms with van der Waals surface area (Å²) in [6, 6.07) is 10.3. The molecular weight excluding hydrogens is 528 g/mol. The van der Waals surface area contributed by atoms with E-state index in [1.54, 1.807) is 19.1 Å². The number of sulfonamides is 1. The first-order valence-electron chi connectivity index (χ1n) is 14.3. The van der Waals surface area contributed by atoms with Gasteiger partial charge in [-0.2, -0.15) is 0 Å². The zero-order valence-electron chi connectivity index (χ0n) is 24.1. The Morgan fingerprint density at radius 3 is 2.28 bits per heavy atom. The molecule has 1 amide bonds. The van der Waals surface area contributed by atoms with Gasteiger partial charge in [0.1, 0.15) is 0 Å². The van der Waals surface area contributed by atoms with Gasteiger partial charge in [-0.15, -0.1) is 0 Å². The Hall–Kier alpha value is -2.07. The summed E-state index contributed by atoms with van der Waals surface area (Å²) in [6.07, 6.45) is 4.71. The quantitative estimate of drug-likeness (QED) is 0.236. The molecule has 2 fully saturated rings. The lowest BCUT2D eigenvalue weighted by atomic mass is 9.64. The van der Waals surface area contributed by atoms with E-state index in [9.17, 15) is 18.0 Å². The molecule has 9 heteroatoms. The number of hydrogen-bond donors (Lipinski definition) is 2. The van der Waals surface area contributed by atoms with Crippen LogP contribution in [0.15, 0.2) is 41.3 Å². The molecule has 1 saturated carbocycles. The van der Waals surface area contributed by atoms with Crippen LogP contribution in [-0.2, 0) is 19.2 Å². The number of fused-ring (bicyclic) bond motifs is 1. The summed E-state index contributed by atoms with van der Waals surface area (Å²) in [5, 5.41) is 4.55. The molecule has 0 radical (unpaired) electrons. The van der Waals surface area contributed by atoms with Crippen LogP contribution in [0, 0.1) is 23.2 Å². The molecule has 0 spiro atoms. The molecule has 0 aromatic heterocycles. The molecule has 2 aliphatic rings. The second-order valence-corrected chi connectivity index (χ2v) is 16.8. The molecule has 1 aliphatic heterocycles. The number of hydrogen-bond acceptors (Lipinski definition) is 5. The molecule has 4 atom stereocenters. The number of benzene rings is 2. The van der Waals surface area contributed by atoms with Crippen LogP contribution in [0.2, 0.25) is 13.1 Å². The SMILES string of the molecule is C[C@@H](C(=O)c1cc2ccccc2cc1S(=O)(=O)NC1CCCCC1)[C@H]1NC(=O)[C@H]1[C@@H](CO[SiH](C)C)C(C)(C)C. The number of Topliss-reactive ketones (excluding diaryl/α,β-unsaturated/α-hetero) is 1.